The van der Waals surface area contributed by atoms with Gasteiger partial charge in [0.15, 0.2) is 5.96 Å². The van der Waals surface area contributed by atoms with Crippen molar-refractivity contribution in [2.24, 2.45) is 10.7 Å². The van der Waals surface area contributed by atoms with E-state index in [9.17, 15) is 13.2 Å². The van der Waals surface area contributed by atoms with Gasteiger partial charge in [0, 0.05) is 6.20 Å². The Bertz CT molecular complexity index is 631. The summed E-state index contributed by atoms with van der Waals surface area (Å²) in [6.45, 7) is 0.552. The standard InChI is InChI=1S/C10H9Cl2N3.C2HF3O2/c11-8-2-1-6(3-9(8)12)7-4-14-10(13)15-5-7;3-2(4,5)1(6)7/h1-4H,5H2,(H3,13,14,15);(H,6,7). The summed E-state index contributed by atoms with van der Waals surface area (Å²) in [6.07, 6.45) is -3.26. The van der Waals surface area contributed by atoms with Crippen LogP contribution in [-0.4, -0.2) is 29.8 Å². The largest absolute Gasteiger partial charge is 0.490 e. The lowest BCUT2D eigenvalue weighted by Gasteiger charge is -2.12. The maximum Gasteiger partial charge on any atom is 0.490 e. The first kappa shape index (κ1) is 18.1. The number of hydrogen-bond donors (Lipinski definition) is 3. The minimum absolute atomic E-state index is 0.429. The van der Waals surface area contributed by atoms with E-state index in [2.05, 4.69) is 10.3 Å². The predicted octanol–water partition coefficient (Wildman–Crippen LogP) is 2.89. The van der Waals surface area contributed by atoms with Crippen LogP contribution in [0.2, 0.25) is 10.0 Å². The Kier molecular flexibility index (Phi) is 6.07. The fourth-order valence-corrected chi connectivity index (χ4v) is 1.59. The van der Waals surface area contributed by atoms with Crippen molar-refractivity contribution in [1.29, 1.82) is 0 Å². The van der Waals surface area contributed by atoms with E-state index in [-0.39, 0.29) is 0 Å². The van der Waals surface area contributed by atoms with Crippen molar-refractivity contribution in [3.05, 3.63) is 40.0 Å². The summed E-state index contributed by atoms with van der Waals surface area (Å²) in [5.41, 5.74) is 7.50. The number of hydrogen-bond acceptors (Lipinski definition) is 4. The number of aliphatic carboxylic acids is 1. The van der Waals surface area contributed by atoms with Crippen LogP contribution in [0.4, 0.5) is 13.2 Å². The van der Waals surface area contributed by atoms with Crippen LogP contribution in [0.5, 0.6) is 0 Å². The van der Waals surface area contributed by atoms with Gasteiger partial charge in [-0.3, -0.25) is 0 Å². The summed E-state index contributed by atoms with van der Waals surface area (Å²) in [7, 11) is 0. The number of halogens is 5. The van der Waals surface area contributed by atoms with Gasteiger partial charge < -0.3 is 16.2 Å². The molecule has 0 unspecified atom stereocenters. The fourth-order valence-electron chi connectivity index (χ4n) is 1.29. The number of carboxylic acids is 1. The highest BCUT2D eigenvalue weighted by Gasteiger charge is 2.38. The molecule has 22 heavy (non-hydrogen) atoms. The number of nitrogens with two attached hydrogens (primary N) is 1. The second-order valence-electron chi connectivity index (χ2n) is 3.95. The molecule has 1 aromatic carbocycles. The Balaban J connectivity index is 0.000000295. The number of nitrogens with one attached hydrogen (secondary N) is 1. The normalized spacial score (nSPS) is 14.0. The van der Waals surface area contributed by atoms with Crippen molar-refractivity contribution in [3.63, 3.8) is 0 Å². The molecule has 5 nitrogen and oxygen atoms in total. The molecule has 0 saturated heterocycles. The van der Waals surface area contributed by atoms with Crippen LogP contribution < -0.4 is 11.1 Å². The van der Waals surface area contributed by atoms with Crippen LogP contribution in [0.1, 0.15) is 5.56 Å². The van der Waals surface area contributed by atoms with Gasteiger partial charge in [0.25, 0.3) is 0 Å². The van der Waals surface area contributed by atoms with Gasteiger partial charge in [-0.2, -0.15) is 13.2 Å². The van der Waals surface area contributed by atoms with Crippen molar-refractivity contribution in [2.75, 3.05) is 6.54 Å². The van der Waals surface area contributed by atoms with E-state index in [0.29, 0.717) is 22.5 Å². The molecule has 0 radical (unpaired) electrons. The van der Waals surface area contributed by atoms with Gasteiger partial charge in [-0.15, -0.1) is 0 Å². The van der Waals surface area contributed by atoms with Gasteiger partial charge in [0.05, 0.1) is 16.6 Å². The lowest BCUT2D eigenvalue weighted by atomic mass is 10.1. The first-order chi connectivity index (χ1) is 10.1. The Morgan fingerprint density at radius 2 is 1.91 bits per heavy atom. The lowest BCUT2D eigenvalue weighted by molar-refractivity contribution is -0.192. The zero-order chi connectivity index (χ0) is 16.9. The molecule has 4 N–H and O–H groups in total. The SMILES string of the molecule is NC1=NCC(c2ccc(Cl)c(Cl)c2)=CN1.O=C(O)C(F)(F)F. The van der Waals surface area contributed by atoms with Crippen molar-refractivity contribution in [2.45, 2.75) is 6.18 Å². The average Bonchev–Trinajstić information content (AvgIpc) is 2.42. The maximum atomic E-state index is 10.6. The minimum Gasteiger partial charge on any atom is -0.475 e. The van der Waals surface area contributed by atoms with Crippen LogP contribution in [0, 0.1) is 0 Å². The highest BCUT2D eigenvalue weighted by Crippen LogP contribution is 2.26. The summed E-state index contributed by atoms with van der Waals surface area (Å²) in [5, 5.41) is 11.1. The molecule has 0 aromatic heterocycles. The average molecular weight is 356 g/mol. The minimum atomic E-state index is -5.08. The predicted molar refractivity (Wildman–Crippen MR) is 77.8 cm³/mol. The molecule has 0 saturated carbocycles. The molecule has 0 fully saturated rings. The van der Waals surface area contributed by atoms with E-state index in [4.69, 9.17) is 38.8 Å². The van der Waals surface area contributed by atoms with Crippen molar-refractivity contribution < 1.29 is 23.1 Å². The lowest BCUT2D eigenvalue weighted by Crippen LogP contribution is -2.30. The molecule has 10 heteroatoms. The van der Waals surface area contributed by atoms with Gasteiger partial charge >= 0.3 is 12.1 Å². The molecular formula is C12H10Cl2F3N3O2. The van der Waals surface area contributed by atoms with Crippen LogP contribution in [0.25, 0.3) is 5.57 Å². The van der Waals surface area contributed by atoms with E-state index in [1.807, 2.05) is 18.3 Å². The number of carboxylic acid groups (broad SMARTS) is 1. The summed E-state index contributed by atoms with van der Waals surface area (Å²) in [6, 6.07) is 5.48. The van der Waals surface area contributed by atoms with Gasteiger partial charge in [-0.1, -0.05) is 29.3 Å². The van der Waals surface area contributed by atoms with Gasteiger partial charge in [0.1, 0.15) is 0 Å². The van der Waals surface area contributed by atoms with Crippen LogP contribution in [-0.2, 0) is 4.79 Å². The Labute approximate surface area is 133 Å². The van der Waals surface area contributed by atoms with E-state index < -0.39 is 12.1 Å². The van der Waals surface area contributed by atoms with Gasteiger partial charge in [-0.25, -0.2) is 9.79 Å². The number of carbonyl (C=O) groups is 1. The van der Waals surface area contributed by atoms with Gasteiger partial charge in [0.2, 0.25) is 0 Å². The number of guanidine groups is 1. The molecule has 1 aliphatic heterocycles. The smallest absolute Gasteiger partial charge is 0.475 e. The molecule has 1 aromatic rings. The number of rotatable bonds is 1. The van der Waals surface area contributed by atoms with E-state index in [0.717, 1.165) is 11.1 Å². The zero-order valence-corrected chi connectivity index (χ0v) is 12.3. The van der Waals surface area contributed by atoms with E-state index in [1.54, 1.807) is 6.07 Å². The molecule has 1 heterocycles. The highest BCUT2D eigenvalue weighted by molar-refractivity contribution is 6.42. The topological polar surface area (TPSA) is 87.7 Å². The number of aliphatic imine (C=N–C) groups is 1. The van der Waals surface area contributed by atoms with Crippen molar-refractivity contribution in [1.82, 2.24) is 5.32 Å². The van der Waals surface area contributed by atoms with Gasteiger partial charge in [-0.05, 0) is 23.3 Å². The maximum absolute atomic E-state index is 10.6. The van der Waals surface area contributed by atoms with Crippen molar-refractivity contribution >= 4 is 40.7 Å². The first-order valence-corrected chi connectivity index (χ1v) is 6.38. The molecule has 0 aliphatic carbocycles. The Morgan fingerprint density at radius 3 is 2.32 bits per heavy atom. The van der Waals surface area contributed by atoms with E-state index in [1.165, 1.54) is 0 Å². The monoisotopic (exact) mass is 355 g/mol. The quantitative estimate of drug-likeness (QED) is 0.722. The summed E-state index contributed by atoms with van der Waals surface area (Å²) in [4.78, 5) is 13.0. The summed E-state index contributed by atoms with van der Waals surface area (Å²) >= 11 is 11.7. The highest BCUT2D eigenvalue weighted by atomic mass is 35.5. The van der Waals surface area contributed by atoms with Crippen LogP contribution >= 0.6 is 23.2 Å². The van der Waals surface area contributed by atoms with Crippen LogP contribution in [0.15, 0.2) is 29.4 Å². The molecule has 0 bridgehead atoms. The third-order valence-electron chi connectivity index (χ3n) is 2.35. The number of nitrogens with zero attached hydrogens (tertiary/aromatic N) is 1. The van der Waals surface area contributed by atoms with E-state index >= 15 is 0 Å². The fraction of sp³-hybridized carbons (Fsp3) is 0.167. The second kappa shape index (κ2) is 7.37. The third kappa shape index (κ3) is 5.45. The second-order valence-corrected chi connectivity index (χ2v) is 4.76. The molecule has 120 valence electrons. The number of alkyl halides is 3. The molecule has 0 atom stereocenters. The number of benzene rings is 1. The summed E-state index contributed by atoms with van der Waals surface area (Å²) < 4.78 is 31.7. The molecule has 1 aliphatic rings. The first-order valence-electron chi connectivity index (χ1n) is 5.62. The molecular weight excluding hydrogens is 346 g/mol. The third-order valence-corrected chi connectivity index (χ3v) is 3.09. The van der Waals surface area contributed by atoms with Crippen molar-refractivity contribution in [3.8, 4) is 0 Å². The van der Waals surface area contributed by atoms with Crippen LogP contribution in [0.3, 0.4) is 0 Å². The zero-order valence-electron chi connectivity index (χ0n) is 10.8. The molecule has 0 amide bonds. The Hall–Kier alpha value is -1.93. The Morgan fingerprint density at radius 1 is 1.32 bits per heavy atom. The molecule has 0 spiro atoms. The molecule has 2 rings (SSSR count). The summed E-state index contributed by atoms with van der Waals surface area (Å²) in [5.74, 6) is -2.33.